The van der Waals surface area contributed by atoms with E-state index in [2.05, 4.69) is 4.90 Å². The van der Waals surface area contributed by atoms with Crippen LogP contribution in [0.1, 0.15) is 11.6 Å². The van der Waals surface area contributed by atoms with Crippen molar-refractivity contribution in [2.24, 2.45) is 5.73 Å². The fourth-order valence-electron chi connectivity index (χ4n) is 2.45. The molecule has 0 saturated carbocycles. The van der Waals surface area contributed by atoms with Gasteiger partial charge in [0.25, 0.3) is 0 Å². The predicted molar refractivity (Wildman–Crippen MR) is 86.2 cm³/mol. The molecule has 0 bridgehead atoms. The molecule has 2 aromatic rings. The second-order valence-corrected chi connectivity index (χ2v) is 4.81. The summed E-state index contributed by atoms with van der Waals surface area (Å²) < 4.78 is 10.7. The lowest BCUT2D eigenvalue weighted by molar-refractivity contribution is 0.405. The van der Waals surface area contributed by atoms with Crippen molar-refractivity contribution in [3.05, 3.63) is 54.1 Å². The van der Waals surface area contributed by atoms with Crippen molar-refractivity contribution in [3.63, 3.8) is 0 Å². The topological polar surface area (TPSA) is 47.7 Å². The number of likely N-dealkylation sites (N-methyl/N-ethyl adjacent to an activating group) is 1. The first-order valence-corrected chi connectivity index (χ1v) is 6.91. The number of ether oxygens (including phenoxy) is 2. The zero-order chi connectivity index (χ0) is 15.2. The Morgan fingerprint density at radius 2 is 1.81 bits per heavy atom. The SMILES string of the molecule is COc1cccc(N(C)C(CN)c2ccccc2OC)c1. The summed E-state index contributed by atoms with van der Waals surface area (Å²) >= 11 is 0. The second kappa shape index (κ2) is 6.99. The molecule has 4 nitrogen and oxygen atoms in total. The van der Waals surface area contributed by atoms with E-state index in [9.17, 15) is 0 Å². The Morgan fingerprint density at radius 1 is 1.05 bits per heavy atom. The van der Waals surface area contributed by atoms with E-state index in [4.69, 9.17) is 15.2 Å². The highest BCUT2D eigenvalue weighted by Crippen LogP contribution is 2.32. The number of anilines is 1. The lowest BCUT2D eigenvalue weighted by atomic mass is 10.0. The Hall–Kier alpha value is -2.20. The van der Waals surface area contributed by atoms with Gasteiger partial charge >= 0.3 is 0 Å². The molecule has 0 amide bonds. The van der Waals surface area contributed by atoms with Crippen molar-refractivity contribution in [1.29, 1.82) is 0 Å². The van der Waals surface area contributed by atoms with E-state index in [1.807, 2.05) is 55.6 Å². The van der Waals surface area contributed by atoms with Gasteiger partial charge in [-0.2, -0.15) is 0 Å². The lowest BCUT2D eigenvalue weighted by Gasteiger charge is -2.30. The highest BCUT2D eigenvalue weighted by Gasteiger charge is 2.19. The molecule has 0 spiro atoms. The minimum absolute atomic E-state index is 0.0354. The van der Waals surface area contributed by atoms with Crippen molar-refractivity contribution in [3.8, 4) is 11.5 Å². The highest BCUT2D eigenvalue weighted by molar-refractivity contribution is 5.53. The molecule has 2 aromatic carbocycles. The van der Waals surface area contributed by atoms with E-state index < -0.39 is 0 Å². The lowest BCUT2D eigenvalue weighted by Crippen LogP contribution is -2.30. The van der Waals surface area contributed by atoms with E-state index >= 15 is 0 Å². The summed E-state index contributed by atoms with van der Waals surface area (Å²) in [5.74, 6) is 1.68. The zero-order valence-corrected chi connectivity index (χ0v) is 12.7. The van der Waals surface area contributed by atoms with Gasteiger partial charge in [0.1, 0.15) is 11.5 Å². The molecule has 2 rings (SSSR count). The Kier molecular flexibility index (Phi) is 5.06. The standard InChI is InChI=1S/C17H22N2O2/c1-19(13-7-6-8-14(11-13)20-2)16(12-18)15-9-4-5-10-17(15)21-3/h4-11,16H,12,18H2,1-3H3. The molecule has 0 fully saturated rings. The van der Waals surface area contributed by atoms with Crippen LogP contribution in [0.4, 0.5) is 5.69 Å². The molecule has 0 saturated heterocycles. The number of para-hydroxylation sites is 1. The van der Waals surface area contributed by atoms with Gasteiger partial charge in [0.15, 0.2) is 0 Å². The van der Waals surface area contributed by atoms with Crippen LogP contribution in [-0.2, 0) is 0 Å². The van der Waals surface area contributed by atoms with E-state index in [1.54, 1.807) is 14.2 Å². The predicted octanol–water partition coefficient (Wildman–Crippen LogP) is 2.84. The molecule has 0 aliphatic carbocycles. The fraction of sp³-hybridized carbons (Fsp3) is 0.294. The van der Waals surface area contributed by atoms with Crippen molar-refractivity contribution >= 4 is 5.69 Å². The number of nitrogens with two attached hydrogens (primary N) is 1. The van der Waals surface area contributed by atoms with Gasteiger partial charge in [0.05, 0.1) is 20.3 Å². The summed E-state index contributed by atoms with van der Waals surface area (Å²) in [5, 5.41) is 0. The number of nitrogens with zero attached hydrogens (tertiary/aromatic N) is 1. The molecule has 4 heteroatoms. The van der Waals surface area contributed by atoms with Crippen LogP contribution < -0.4 is 20.1 Å². The van der Waals surface area contributed by atoms with E-state index in [0.29, 0.717) is 6.54 Å². The molecule has 0 aromatic heterocycles. The quantitative estimate of drug-likeness (QED) is 0.887. The number of benzene rings is 2. The average molecular weight is 286 g/mol. The number of hydrogen-bond acceptors (Lipinski definition) is 4. The Morgan fingerprint density at radius 3 is 2.48 bits per heavy atom. The molecule has 0 aliphatic heterocycles. The van der Waals surface area contributed by atoms with E-state index in [-0.39, 0.29) is 6.04 Å². The Labute approximate surface area is 126 Å². The number of methoxy groups -OCH3 is 2. The maximum Gasteiger partial charge on any atom is 0.124 e. The van der Waals surface area contributed by atoms with Crippen molar-refractivity contribution < 1.29 is 9.47 Å². The first kappa shape index (κ1) is 15.2. The molecule has 1 atom stereocenters. The van der Waals surface area contributed by atoms with Gasteiger partial charge in [-0.25, -0.2) is 0 Å². The van der Waals surface area contributed by atoms with Crippen LogP contribution in [-0.4, -0.2) is 27.8 Å². The minimum atomic E-state index is 0.0354. The molecule has 21 heavy (non-hydrogen) atoms. The summed E-state index contributed by atoms with van der Waals surface area (Å²) in [4.78, 5) is 2.14. The molecular formula is C17H22N2O2. The maximum absolute atomic E-state index is 6.01. The molecule has 0 radical (unpaired) electrons. The van der Waals surface area contributed by atoms with Gasteiger partial charge in [-0.1, -0.05) is 24.3 Å². The van der Waals surface area contributed by atoms with Crippen LogP contribution in [0, 0.1) is 0 Å². The summed E-state index contributed by atoms with van der Waals surface area (Å²) in [6.07, 6.45) is 0. The van der Waals surface area contributed by atoms with Crippen LogP contribution in [0.2, 0.25) is 0 Å². The average Bonchev–Trinajstić information content (AvgIpc) is 2.56. The Bertz CT molecular complexity index is 587. The van der Waals surface area contributed by atoms with Gasteiger partial charge in [0, 0.05) is 30.9 Å². The van der Waals surface area contributed by atoms with Gasteiger partial charge in [-0.3, -0.25) is 0 Å². The molecule has 112 valence electrons. The largest absolute Gasteiger partial charge is 0.497 e. The van der Waals surface area contributed by atoms with Crippen LogP contribution in [0.5, 0.6) is 11.5 Å². The van der Waals surface area contributed by atoms with Gasteiger partial charge in [-0.05, 0) is 18.2 Å². The monoisotopic (exact) mass is 286 g/mol. The third-order valence-corrected chi connectivity index (χ3v) is 3.65. The molecular weight excluding hydrogens is 264 g/mol. The summed E-state index contributed by atoms with van der Waals surface area (Å²) in [6.45, 7) is 0.494. The smallest absolute Gasteiger partial charge is 0.124 e. The summed E-state index contributed by atoms with van der Waals surface area (Å²) in [6, 6.07) is 15.9. The van der Waals surface area contributed by atoms with E-state index in [1.165, 1.54) is 0 Å². The fourth-order valence-corrected chi connectivity index (χ4v) is 2.45. The van der Waals surface area contributed by atoms with E-state index in [0.717, 1.165) is 22.7 Å². The second-order valence-electron chi connectivity index (χ2n) is 4.81. The number of hydrogen-bond donors (Lipinski definition) is 1. The van der Waals surface area contributed by atoms with Crippen molar-refractivity contribution in [2.75, 3.05) is 32.7 Å². The van der Waals surface area contributed by atoms with Gasteiger partial charge in [-0.15, -0.1) is 0 Å². The van der Waals surface area contributed by atoms with Crippen LogP contribution in [0.3, 0.4) is 0 Å². The van der Waals surface area contributed by atoms with Crippen LogP contribution >= 0.6 is 0 Å². The third kappa shape index (κ3) is 3.28. The Balaban J connectivity index is 2.35. The maximum atomic E-state index is 6.01. The highest BCUT2D eigenvalue weighted by atomic mass is 16.5. The summed E-state index contributed by atoms with van der Waals surface area (Å²) in [5.41, 5.74) is 8.14. The first-order chi connectivity index (χ1) is 10.2. The van der Waals surface area contributed by atoms with Crippen LogP contribution in [0.15, 0.2) is 48.5 Å². The van der Waals surface area contributed by atoms with Crippen molar-refractivity contribution in [1.82, 2.24) is 0 Å². The number of rotatable bonds is 6. The minimum Gasteiger partial charge on any atom is -0.497 e. The molecule has 0 heterocycles. The zero-order valence-electron chi connectivity index (χ0n) is 12.7. The molecule has 0 aliphatic rings. The van der Waals surface area contributed by atoms with Crippen molar-refractivity contribution in [2.45, 2.75) is 6.04 Å². The van der Waals surface area contributed by atoms with Crippen LogP contribution in [0.25, 0.3) is 0 Å². The third-order valence-electron chi connectivity index (χ3n) is 3.65. The molecule has 2 N–H and O–H groups in total. The summed E-state index contributed by atoms with van der Waals surface area (Å²) in [7, 11) is 5.37. The normalized spacial score (nSPS) is 11.8. The molecule has 1 unspecified atom stereocenters. The van der Waals surface area contributed by atoms with Gasteiger partial charge < -0.3 is 20.1 Å². The van der Waals surface area contributed by atoms with Gasteiger partial charge in [0.2, 0.25) is 0 Å². The first-order valence-electron chi connectivity index (χ1n) is 6.91.